The van der Waals surface area contributed by atoms with Crippen molar-refractivity contribution in [1.82, 2.24) is 0 Å². The summed E-state index contributed by atoms with van der Waals surface area (Å²) in [5, 5.41) is 2.71. The zero-order chi connectivity index (χ0) is 18.5. The van der Waals surface area contributed by atoms with E-state index in [4.69, 9.17) is 11.6 Å². The van der Waals surface area contributed by atoms with Crippen LogP contribution in [0.5, 0.6) is 0 Å². The molecule has 0 radical (unpaired) electrons. The summed E-state index contributed by atoms with van der Waals surface area (Å²) >= 11 is 6.49. The molecular formula is C18H25ClNO2PS. The Labute approximate surface area is 150 Å². The molecule has 1 heterocycles. The maximum absolute atomic E-state index is 12.8. The fourth-order valence-corrected chi connectivity index (χ4v) is 10.2. The first-order valence-electron chi connectivity index (χ1n) is 7.82. The Balaban J connectivity index is 2.60. The lowest BCUT2D eigenvalue weighted by Crippen LogP contribution is -2.02. The molecule has 0 aromatic heterocycles. The van der Waals surface area contributed by atoms with Crippen molar-refractivity contribution in [3.05, 3.63) is 51.1 Å². The van der Waals surface area contributed by atoms with Crippen LogP contribution in [0.2, 0.25) is 0 Å². The molecule has 0 saturated heterocycles. The minimum Gasteiger partial charge on any atom is -0.199 e. The van der Waals surface area contributed by atoms with Gasteiger partial charge in [0.2, 0.25) is 0 Å². The molecule has 1 unspecified atom stereocenters. The Morgan fingerprint density at radius 3 is 2.04 bits per heavy atom. The van der Waals surface area contributed by atoms with Gasteiger partial charge in [-0.3, -0.25) is 0 Å². The van der Waals surface area contributed by atoms with Crippen LogP contribution in [0.4, 0.5) is 0 Å². The molecule has 1 aliphatic heterocycles. The van der Waals surface area contributed by atoms with E-state index in [9.17, 15) is 8.42 Å². The van der Waals surface area contributed by atoms with Gasteiger partial charge in [-0.05, 0) is 50.3 Å². The van der Waals surface area contributed by atoms with Crippen LogP contribution in [0.1, 0.15) is 40.2 Å². The predicted molar refractivity (Wildman–Crippen MR) is 104 cm³/mol. The fourth-order valence-electron chi connectivity index (χ4n) is 2.91. The molecule has 1 aromatic rings. The summed E-state index contributed by atoms with van der Waals surface area (Å²) in [4.78, 5) is 0.238. The van der Waals surface area contributed by atoms with Gasteiger partial charge in [-0.1, -0.05) is 55.6 Å². The lowest BCUT2D eigenvalue weighted by atomic mass is 9.96. The molecule has 132 valence electrons. The number of benzene rings is 1. The second-order valence-electron chi connectivity index (χ2n) is 7.59. The average Bonchev–Trinajstić information content (AvgIpc) is 3.02. The van der Waals surface area contributed by atoms with E-state index in [0.29, 0.717) is 5.03 Å². The van der Waals surface area contributed by atoms with Crippen LogP contribution < -0.4 is 0 Å². The van der Waals surface area contributed by atoms with Crippen molar-refractivity contribution in [1.29, 1.82) is 0 Å². The highest BCUT2D eigenvalue weighted by Crippen LogP contribution is 2.84. The zero-order valence-corrected chi connectivity index (χ0v) is 17.8. The third-order valence-corrected chi connectivity index (χ3v) is 10.6. The van der Waals surface area contributed by atoms with Crippen molar-refractivity contribution in [3.8, 4) is 0 Å². The first-order valence-corrected chi connectivity index (χ1v) is 11.8. The molecule has 1 aromatic carbocycles. The number of aryl methyl sites for hydroxylation is 1. The molecule has 0 N–H and O–H groups in total. The highest BCUT2D eigenvalue weighted by molar-refractivity contribution is 7.97. The summed E-state index contributed by atoms with van der Waals surface area (Å²) in [6.07, 6.45) is 0. The molecule has 0 saturated carbocycles. The van der Waals surface area contributed by atoms with Crippen molar-refractivity contribution in [2.75, 3.05) is 6.66 Å². The number of hydrogen-bond donors (Lipinski definition) is 0. The third kappa shape index (κ3) is 3.56. The lowest BCUT2D eigenvalue weighted by Gasteiger charge is -2.16. The van der Waals surface area contributed by atoms with Crippen LogP contribution in [0.3, 0.4) is 0 Å². The fraction of sp³-hybridized carbons (Fsp3) is 0.444. The smallest absolute Gasteiger partial charge is 0.199 e. The van der Waals surface area contributed by atoms with Crippen LogP contribution in [0, 0.1) is 12.3 Å². The first kappa shape index (κ1) is 19.5. The molecule has 3 nitrogen and oxygen atoms in total. The predicted octanol–water partition coefficient (Wildman–Crippen LogP) is 6.32. The van der Waals surface area contributed by atoms with Crippen molar-refractivity contribution >= 4 is 28.7 Å². The number of rotatable bonds is 3. The standard InChI is InChI=1S/C18H25ClNO2PS/c1-12(2)15(19)16-17(18(4,5)6)23(16,7)20-24(21,22)14-10-8-13(3)9-11-14/h8-11H,1-7H3. The Morgan fingerprint density at radius 2 is 1.62 bits per heavy atom. The number of halogens is 1. The number of allylic oxidation sites excluding steroid dienone is 4. The van der Waals surface area contributed by atoms with Gasteiger partial charge in [0.15, 0.2) is 0 Å². The molecule has 0 amide bonds. The Morgan fingerprint density at radius 1 is 1.12 bits per heavy atom. The molecule has 1 aliphatic rings. The average molecular weight is 386 g/mol. The van der Waals surface area contributed by atoms with E-state index in [1.165, 1.54) is 0 Å². The summed E-state index contributed by atoms with van der Waals surface area (Å²) in [5.74, 6) is 0. The van der Waals surface area contributed by atoms with Gasteiger partial charge < -0.3 is 0 Å². The van der Waals surface area contributed by atoms with Gasteiger partial charge in [0, 0.05) is 17.4 Å². The zero-order valence-electron chi connectivity index (χ0n) is 15.3. The lowest BCUT2D eigenvalue weighted by molar-refractivity contribution is 0.537. The van der Waals surface area contributed by atoms with Crippen LogP contribution in [-0.2, 0) is 10.0 Å². The molecule has 1 atom stereocenters. The van der Waals surface area contributed by atoms with Crippen LogP contribution in [-0.4, -0.2) is 15.1 Å². The van der Waals surface area contributed by atoms with Gasteiger partial charge in [0.05, 0.1) is 4.90 Å². The van der Waals surface area contributed by atoms with E-state index in [1.807, 2.05) is 27.4 Å². The Kier molecular flexibility index (Phi) is 5.00. The summed E-state index contributed by atoms with van der Waals surface area (Å²) in [6.45, 7) is 14.0. The van der Waals surface area contributed by atoms with Gasteiger partial charge in [-0.2, -0.15) is 12.6 Å². The van der Waals surface area contributed by atoms with Gasteiger partial charge >= 0.3 is 0 Å². The second-order valence-corrected chi connectivity index (χ2v) is 12.9. The quantitative estimate of drug-likeness (QED) is 0.571. The van der Waals surface area contributed by atoms with Gasteiger partial charge in [0.25, 0.3) is 10.0 Å². The van der Waals surface area contributed by atoms with Gasteiger partial charge in [-0.15, -0.1) is 0 Å². The SMILES string of the molecule is CC(C)=C(Cl)C1=C(C(C)(C)C)P1(C)=NS(=O)(=O)c1ccc(C)cc1. The van der Waals surface area contributed by atoms with E-state index >= 15 is 0 Å². The molecule has 24 heavy (non-hydrogen) atoms. The first-order chi connectivity index (χ1) is 10.8. The summed E-state index contributed by atoms with van der Waals surface area (Å²) in [5.41, 5.74) is 1.85. The molecule has 2 rings (SSSR count). The number of hydrogen-bond acceptors (Lipinski definition) is 2. The summed E-state index contributed by atoms with van der Waals surface area (Å²) in [6, 6.07) is 6.81. The van der Waals surface area contributed by atoms with Crippen molar-refractivity contribution < 1.29 is 8.42 Å². The van der Waals surface area contributed by atoms with E-state index in [2.05, 4.69) is 24.9 Å². The van der Waals surface area contributed by atoms with E-state index in [-0.39, 0.29) is 10.3 Å². The topological polar surface area (TPSA) is 46.5 Å². The summed E-state index contributed by atoms with van der Waals surface area (Å²) in [7, 11) is -5.94. The minimum atomic E-state index is -3.71. The summed E-state index contributed by atoms with van der Waals surface area (Å²) < 4.78 is 29.9. The highest BCUT2D eigenvalue weighted by Gasteiger charge is 2.50. The van der Waals surface area contributed by atoms with Crippen LogP contribution in [0.15, 0.2) is 54.5 Å². The maximum atomic E-state index is 12.8. The maximum Gasteiger partial charge on any atom is 0.281 e. The number of sulfonamides is 1. The molecule has 6 heteroatoms. The van der Waals surface area contributed by atoms with E-state index in [0.717, 1.165) is 21.8 Å². The molecule has 0 spiro atoms. The van der Waals surface area contributed by atoms with Gasteiger partial charge in [0.1, 0.15) is 0 Å². The third-order valence-electron chi connectivity index (χ3n) is 3.99. The van der Waals surface area contributed by atoms with Crippen molar-refractivity contribution in [3.63, 3.8) is 0 Å². The number of nitrogens with zero attached hydrogens (tertiary/aromatic N) is 1. The minimum absolute atomic E-state index is 0.153. The molecule has 0 aliphatic carbocycles. The molecule has 0 bridgehead atoms. The second kappa shape index (κ2) is 6.16. The monoisotopic (exact) mass is 385 g/mol. The molecule has 0 fully saturated rings. The van der Waals surface area contributed by atoms with Crippen molar-refractivity contribution in [2.45, 2.75) is 46.4 Å². The van der Waals surface area contributed by atoms with Crippen molar-refractivity contribution in [2.24, 2.45) is 9.57 Å². The van der Waals surface area contributed by atoms with E-state index < -0.39 is 17.1 Å². The van der Waals surface area contributed by atoms with Gasteiger partial charge in [-0.25, -0.2) is 0 Å². The normalized spacial score (nSPS) is 20.8. The highest BCUT2D eigenvalue weighted by atomic mass is 35.5. The van der Waals surface area contributed by atoms with E-state index in [1.54, 1.807) is 24.3 Å². The Bertz CT molecular complexity index is 897. The molecular weight excluding hydrogens is 361 g/mol. The van der Waals surface area contributed by atoms with Crippen LogP contribution in [0.25, 0.3) is 0 Å². The largest absolute Gasteiger partial charge is 0.281 e. The van der Waals surface area contributed by atoms with Crippen LogP contribution >= 0.6 is 18.7 Å². The Hall–Kier alpha value is -0.830.